The number of amides is 1. The maximum atomic E-state index is 12.8. The maximum Gasteiger partial charge on any atom is 0.259 e. The number of rotatable bonds is 2. The topological polar surface area (TPSA) is 56.8 Å². The molecular weight excluding hydrogens is 318 g/mol. The molecule has 0 aliphatic carbocycles. The van der Waals surface area contributed by atoms with Gasteiger partial charge in [0.25, 0.3) is 5.91 Å². The first-order chi connectivity index (χ1) is 12.1. The van der Waals surface area contributed by atoms with Crippen LogP contribution in [0.1, 0.15) is 42.1 Å². The van der Waals surface area contributed by atoms with Crippen molar-refractivity contribution in [1.29, 1.82) is 0 Å². The third kappa shape index (κ3) is 2.90. The van der Waals surface area contributed by atoms with Gasteiger partial charge in [0.05, 0.1) is 18.8 Å². The highest BCUT2D eigenvalue weighted by atomic mass is 16.5. The quantitative estimate of drug-likeness (QED) is 0.899. The Labute approximate surface area is 146 Å². The molecule has 130 valence electrons. The number of benzene rings is 2. The molecule has 0 saturated carbocycles. The molecule has 25 heavy (non-hydrogen) atoms. The van der Waals surface area contributed by atoms with E-state index in [1.165, 1.54) is 0 Å². The van der Waals surface area contributed by atoms with Gasteiger partial charge in [0.2, 0.25) is 0 Å². The molecule has 5 heteroatoms. The number of hydrogen-bond donors (Lipinski definition) is 1. The summed E-state index contributed by atoms with van der Waals surface area (Å²) in [5.74, 6) is 2.15. The monoisotopic (exact) mass is 339 g/mol. The molecule has 0 spiro atoms. The number of hydrogen-bond acceptors (Lipinski definition) is 4. The standard InChI is InChI=1S/C20H21NO4/c1-12-13(2)25-19-15(12)5-3-6-16(19)20(22)21-14-7-8-17-18(11-14)24-10-4-9-23-17/h3,5-8,11-13H,4,9-10H2,1-2H3,(H,21,22)/t12-,13+/m1/s1. The highest BCUT2D eigenvalue weighted by Crippen LogP contribution is 2.40. The first-order valence-corrected chi connectivity index (χ1v) is 8.64. The molecule has 5 nitrogen and oxygen atoms in total. The van der Waals surface area contributed by atoms with Crippen LogP contribution >= 0.6 is 0 Å². The summed E-state index contributed by atoms with van der Waals surface area (Å²) in [6, 6.07) is 11.2. The van der Waals surface area contributed by atoms with E-state index in [1.807, 2.05) is 31.2 Å². The molecule has 2 aliphatic heterocycles. The van der Waals surface area contributed by atoms with Gasteiger partial charge in [-0.2, -0.15) is 0 Å². The van der Waals surface area contributed by atoms with Crippen molar-refractivity contribution in [1.82, 2.24) is 0 Å². The van der Waals surface area contributed by atoms with Gasteiger partial charge < -0.3 is 19.5 Å². The molecule has 1 N–H and O–H groups in total. The van der Waals surface area contributed by atoms with E-state index >= 15 is 0 Å². The second-order valence-corrected chi connectivity index (χ2v) is 6.50. The SMILES string of the molecule is C[C@@H]1Oc2c(C(=O)Nc3ccc4c(c3)OCCCO4)cccc2[C@@H]1C. The highest BCUT2D eigenvalue weighted by molar-refractivity contribution is 6.06. The number of fused-ring (bicyclic) bond motifs is 2. The lowest BCUT2D eigenvalue weighted by Crippen LogP contribution is -2.14. The highest BCUT2D eigenvalue weighted by Gasteiger charge is 2.31. The Morgan fingerprint density at radius 3 is 2.72 bits per heavy atom. The van der Waals surface area contributed by atoms with Gasteiger partial charge in [-0.15, -0.1) is 0 Å². The van der Waals surface area contributed by atoms with Crippen LogP contribution in [0.25, 0.3) is 0 Å². The van der Waals surface area contributed by atoms with Gasteiger partial charge in [-0.3, -0.25) is 4.79 Å². The minimum Gasteiger partial charge on any atom is -0.490 e. The Morgan fingerprint density at radius 1 is 1.08 bits per heavy atom. The van der Waals surface area contributed by atoms with Crippen LogP contribution in [0.5, 0.6) is 17.2 Å². The summed E-state index contributed by atoms with van der Waals surface area (Å²) in [5, 5.41) is 2.93. The van der Waals surface area contributed by atoms with Crippen LogP contribution in [0.3, 0.4) is 0 Å². The van der Waals surface area contributed by atoms with Crippen molar-refractivity contribution in [2.75, 3.05) is 18.5 Å². The van der Waals surface area contributed by atoms with Crippen LogP contribution in [0.2, 0.25) is 0 Å². The number of carbonyl (C=O) groups excluding carboxylic acids is 1. The molecule has 2 aliphatic rings. The number of anilines is 1. The Hall–Kier alpha value is -2.69. The predicted octanol–water partition coefficient (Wildman–Crippen LogP) is 3.98. The van der Waals surface area contributed by atoms with E-state index in [4.69, 9.17) is 14.2 Å². The molecule has 0 saturated heterocycles. The molecule has 0 fully saturated rings. The molecule has 2 aromatic rings. The number of nitrogens with one attached hydrogen (secondary N) is 1. The number of ether oxygens (including phenoxy) is 3. The van der Waals surface area contributed by atoms with Gasteiger partial charge >= 0.3 is 0 Å². The van der Waals surface area contributed by atoms with E-state index < -0.39 is 0 Å². The smallest absolute Gasteiger partial charge is 0.259 e. The first-order valence-electron chi connectivity index (χ1n) is 8.64. The third-order valence-electron chi connectivity index (χ3n) is 4.79. The van der Waals surface area contributed by atoms with Crippen LogP contribution in [-0.2, 0) is 0 Å². The number of carbonyl (C=O) groups is 1. The van der Waals surface area contributed by atoms with E-state index in [2.05, 4.69) is 12.2 Å². The summed E-state index contributed by atoms with van der Waals surface area (Å²) in [7, 11) is 0. The lowest BCUT2D eigenvalue weighted by Gasteiger charge is -2.12. The van der Waals surface area contributed by atoms with Gasteiger partial charge in [0.15, 0.2) is 11.5 Å². The van der Waals surface area contributed by atoms with Crippen molar-refractivity contribution >= 4 is 11.6 Å². The van der Waals surface area contributed by atoms with E-state index in [0.717, 1.165) is 12.0 Å². The molecule has 0 unspecified atom stereocenters. The summed E-state index contributed by atoms with van der Waals surface area (Å²) in [4.78, 5) is 12.8. The van der Waals surface area contributed by atoms with Crippen LogP contribution in [-0.4, -0.2) is 25.2 Å². The normalized spacial score (nSPS) is 21.0. The molecule has 2 heterocycles. The molecule has 0 radical (unpaired) electrons. The second-order valence-electron chi connectivity index (χ2n) is 6.50. The van der Waals surface area contributed by atoms with Crippen LogP contribution in [0.15, 0.2) is 36.4 Å². The van der Waals surface area contributed by atoms with Crippen molar-refractivity contribution in [3.05, 3.63) is 47.5 Å². The maximum absolute atomic E-state index is 12.8. The molecule has 0 bridgehead atoms. The van der Waals surface area contributed by atoms with Gasteiger partial charge in [0.1, 0.15) is 11.9 Å². The lowest BCUT2D eigenvalue weighted by molar-refractivity contribution is 0.102. The number of para-hydroxylation sites is 1. The van der Waals surface area contributed by atoms with Crippen molar-refractivity contribution < 1.29 is 19.0 Å². The fraction of sp³-hybridized carbons (Fsp3) is 0.350. The molecule has 2 aromatic carbocycles. The van der Waals surface area contributed by atoms with Gasteiger partial charge in [0, 0.05) is 29.7 Å². The lowest BCUT2D eigenvalue weighted by atomic mass is 9.97. The van der Waals surface area contributed by atoms with E-state index in [-0.39, 0.29) is 17.9 Å². The third-order valence-corrected chi connectivity index (χ3v) is 4.79. The Bertz CT molecular complexity index is 817. The summed E-state index contributed by atoms with van der Waals surface area (Å²) in [6.45, 7) is 5.39. The van der Waals surface area contributed by atoms with Crippen LogP contribution in [0.4, 0.5) is 5.69 Å². The van der Waals surface area contributed by atoms with E-state index in [1.54, 1.807) is 12.1 Å². The average molecular weight is 339 g/mol. The van der Waals surface area contributed by atoms with E-state index in [9.17, 15) is 4.79 Å². The average Bonchev–Trinajstić information content (AvgIpc) is 2.78. The van der Waals surface area contributed by atoms with Gasteiger partial charge in [-0.25, -0.2) is 0 Å². The van der Waals surface area contributed by atoms with Crippen LogP contribution < -0.4 is 19.5 Å². The fourth-order valence-electron chi connectivity index (χ4n) is 3.20. The second kappa shape index (κ2) is 6.31. The van der Waals surface area contributed by atoms with Crippen molar-refractivity contribution in [2.24, 2.45) is 0 Å². The Balaban J connectivity index is 1.59. The molecule has 1 amide bonds. The Morgan fingerprint density at radius 2 is 1.88 bits per heavy atom. The van der Waals surface area contributed by atoms with E-state index in [0.29, 0.717) is 41.7 Å². The van der Waals surface area contributed by atoms with Gasteiger partial charge in [-0.05, 0) is 25.1 Å². The first kappa shape index (κ1) is 15.8. The summed E-state index contributed by atoms with van der Waals surface area (Å²) >= 11 is 0. The molecule has 4 rings (SSSR count). The fourth-order valence-corrected chi connectivity index (χ4v) is 3.20. The summed E-state index contributed by atoms with van der Waals surface area (Å²) in [5.41, 5.74) is 2.31. The van der Waals surface area contributed by atoms with Gasteiger partial charge in [-0.1, -0.05) is 19.1 Å². The Kier molecular flexibility index (Phi) is 3.99. The largest absolute Gasteiger partial charge is 0.490 e. The van der Waals surface area contributed by atoms with Crippen LogP contribution in [0, 0.1) is 0 Å². The zero-order chi connectivity index (χ0) is 17.4. The molecule has 2 atom stereocenters. The zero-order valence-corrected chi connectivity index (χ0v) is 14.4. The van der Waals surface area contributed by atoms with Crippen molar-refractivity contribution in [3.8, 4) is 17.2 Å². The summed E-state index contributed by atoms with van der Waals surface area (Å²) < 4.78 is 17.2. The summed E-state index contributed by atoms with van der Waals surface area (Å²) in [6.07, 6.45) is 0.919. The van der Waals surface area contributed by atoms with Crippen molar-refractivity contribution in [3.63, 3.8) is 0 Å². The molecular formula is C20H21NO4. The molecule has 0 aromatic heterocycles. The minimum atomic E-state index is -0.187. The zero-order valence-electron chi connectivity index (χ0n) is 14.4. The van der Waals surface area contributed by atoms with Crippen molar-refractivity contribution in [2.45, 2.75) is 32.3 Å². The minimum absolute atomic E-state index is 0.0713. The predicted molar refractivity (Wildman–Crippen MR) is 94.9 cm³/mol.